The molecule has 6 heteroatoms. The van der Waals surface area contributed by atoms with Crippen molar-refractivity contribution >= 4 is 17.5 Å². The van der Waals surface area contributed by atoms with Gasteiger partial charge in [-0.3, -0.25) is 4.99 Å². The highest BCUT2D eigenvalue weighted by Gasteiger charge is 2.10. The maximum absolute atomic E-state index is 5.74. The van der Waals surface area contributed by atoms with Crippen molar-refractivity contribution in [2.24, 2.45) is 4.99 Å². The van der Waals surface area contributed by atoms with Crippen molar-refractivity contribution in [3.8, 4) is 5.75 Å². The van der Waals surface area contributed by atoms with E-state index in [2.05, 4.69) is 33.3 Å². The van der Waals surface area contributed by atoms with Gasteiger partial charge in [0.2, 0.25) is 5.95 Å². The number of aliphatic imine (C=N–C) groups is 1. The zero-order valence-corrected chi connectivity index (χ0v) is 12.0. The second-order valence-electron chi connectivity index (χ2n) is 4.76. The lowest BCUT2D eigenvalue weighted by Gasteiger charge is -2.11. The predicted octanol–water partition coefficient (Wildman–Crippen LogP) is 2.40. The molecule has 0 spiro atoms. The van der Waals surface area contributed by atoms with Crippen LogP contribution < -0.4 is 15.8 Å². The molecule has 0 unspecified atom stereocenters. The van der Waals surface area contributed by atoms with Crippen LogP contribution in [0.2, 0.25) is 0 Å². The summed E-state index contributed by atoms with van der Waals surface area (Å²) in [7, 11) is 0. The quantitative estimate of drug-likeness (QED) is 0.746. The van der Waals surface area contributed by atoms with Crippen LogP contribution in [0.25, 0.3) is 0 Å². The summed E-state index contributed by atoms with van der Waals surface area (Å²) in [5, 5.41) is 3.23. The second kappa shape index (κ2) is 6.88. The first kappa shape index (κ1) is 14.3. The predicted molar refractivity (Wildman–Crippen MR) is 81.1 cm³/mol. The Bertz CT molecular complexity index is 524. The van der Waals surface area contributed by atoms with Crippen LogP contribution in [0, 0.1) is 0 Å². The minimum absolute atomic E-state index is 0.241. The maximum Gasteiger partial charge on any atom is 0.222 e. The zero-order chi connectivity index (χ0) is 14.4. The van der Waals surface area contributed by atoms with E-state index in [1.807, 2.05) is 6.92 Å². The second-order valence-corrected chi connectivity index (χ2v) is 4.76. The van der Waals surface area contributed by atoms with Crippen molar-refractivity contribution in [1.29, 1.82) is 0 Å². The van der Waals surface area contributed by atoms with Crippen LogP contribution in [-0.2, 0) is 0 Å². The zero-order valence-electron chi connectivity index (χ0n) is 12.0. The molecule has 1 aromatic rings. The first-order valence-electron chi connectivity index (χ1n) is 6.91. The van der Waals surface area contributed by atoms with Gasteiger partial charge in [0.1, 0.15) is 6.61 Å². The van der Waals surface area contributed by atoms with Crippen LogP contribution in [0.1, 0.15) is 33.1 Å². The molecule has 1 aromatic heterocycles. The average Bonchev–Trinajstić information content (AvgIpc) is 2.84. The Balaban J connectivity index is 1.99. The highest BCUT2D eigenvalue weighted by molar-refractivity contribution is 5.86. The Kier molecular flexibility index (Phi) is 4.92. The Morgan fingerprint density at radius 3 is 3.00 bits per heavy atom. The topological polar surface area (TPSA) is 85.4 Å². The molecule has 2 heterocycles. The first-order chi connectivity index (χ1) is 9.69. The summed E-state index contributed by atoms with van der Waals surface area (Å²) in [6, 6.07) is 0. The third-order valence-electron chi connectivity index (χ3n) is 2.94. The van der Waals surface area contributed by atoms with Gasteiger partial charge in [0.15, 0.2) is 11.6 Å². The molecule has 2 rings (SSSR count). The van der Waals surface area contributed by atoms with Gasteiger partial charge in [-0.2, -0.15) is 4.98 Å². The molecular weight excluding hydrogens is 254 g/mol. The molecule has 3 N–H and O–H groups in total. The molecule has 6 nitrogen and oxygen atoms in total. The van der Waals surface area contributed by atoms with Gasteiger partial charge in [0.05, 0.1) is 11.9 Å². The Morgan fingerprint density at radius 1 is 1.45 bits per heavy atom. The largest absolute Gasteiger partial charge is 0.482 e. The molecule has 0 atom stereocenters. The number of ether oxygens (including phenoxy) is 1. The van der Waals surface area contributed by atoms with E-state index in [1.54, 1.807) is 6.20 Å². The van der Waals surface area contributed by atoms with Gasteiger partial charge in [0, 0.05) is 18.7 Å². The van der Waals surface area contributed by atoms with E-state index in [0.29, 0.717) is 18.2 Å². The summed E-state index contributed by atoms with van der Waals surface area (Å²) in [6.07, 6.45) is 6.75. The number of rotatable bonds is 7. The van der Waals surface area contributed by atoms with E-state index in [4.69, 9.17) is 10.5 Å². The number of nitrogens with one attached hydrogen (secondary N) is 1. The van der Waals surface area contributed by atoms with Gasteiger partial charge in [0.25, 0.3) is 0 Å². The summed E-state index contributed by atoms with van der Waals surface area (Å²) in [4.78, 5) is 12.5. The molecule has 0 bridgehead atoms. The molecule has 108 valence electrons. The lowest BCUT2D eigenvalue weighted by atomic mass is 10.3. The van der Waals surface area contributed by atoms with E-state index >= 15 is 0 Å². The summed E-state index contributed by atoms with van der Waals surface area (Å²) in [5.41, 5.74) is 7.67. The molecule has 0 saturated heterocycles. The van der Waals surface area contributed by atoms with Crippen LogP contribution in [0.4, 0.5) is 11.8 Å². The van der Waals surface area contributed by atoms with Crippen LogP contribution in [0.3, 0.4) is 0 Å². The molecule has 0 fully saturated rings. The van der Waals surface area contributed by atoms with Crippen LogP contribution in [0.15, 0.2) is 23.0 Å². The fourth-order valence-corrected chi connectivity index (χ4v) is 1.85. The Hall–Kier alpha value is -2.11. The Morgan fingerprint density at radius 2 is 2.30 bits per heavy atom. The van der Waals surface area contributed by atoms with Crippen LogP contribution >= 0.6 is 0 Å². The molecular formula is C14H21N5O. The van der Waals surface area contributed by atoms with E-state index in [-0.39, 0.29) is 5.95 Å². The maximum atomic E-state index is 5.74. The molecule has 0 amide bonds. The van der Waals surface area contributed by atoms with Crippen LogP contribution in [-0.4, -0.2) is 28.8 Å². The fourth-order valence-electron chi connectivity index (χ4n) is 1.85. The highest BCUT2D eigenvalue weighted by Crippen LogP contribution is 2.23. The molecule has 0 radical (unpaired) electrons. The normalized spacial score (nSPS) is 13.9. The SMILES string of the molecule is CCCCNc1nc(N)ncc1OCC1=CCC(C)=N1. The number of nitrogens with zero attached hydrogens (tertiary/aromatic N) is 3. The molecule has 1 aliphatic heterocycles. The number of nitrogens with two attached hydrogens (primary N) is 1. The monoisotopic (exact) mass is 275 g/mol. The lowest BCUT2D eigenvalue weighted by Crippen LogP contribution is -2.09. The number of nitrogen functional groups attached to an aromatic ring is 1. The van der Waals surface area contributed by atoms with Gasteiger partial charge >= 0.3 is 0 Å². The third kappa shape index (κ3) is 3.94. The summed E-state index contributed by atoms with van der Waals surface area (Å²) < 4.78 is 5.74. The number of allylic oxidation sites excluding steroid dienone is 1. The van der Waals surface area contributed by atoms with Gasteiger partial charge < -0.3 is 15.8 Å². The fraction of sp³-hybridized carbons (Fsp3) is 0.500. The van der Waals surface area contributed by atoms with E-state index in [9.17, 15) is 0 Å². The number of hydrogen-bond acceptors (Lipinski definition) is 6. The number of anilines is 2. The molecule has 0 aliphatic carbocycles. The minimum Gasteiger partial charge on any atom is -0.482 e. The number of hydrogen-bond donors (Lipinski definition) is 2. The lowest BCUT2D eigenvalue weighted by molar-refractivity contribution is 0.350. The van der Waals surface area contributed by atoms with Crippen molar-refractivity contribution in [2.45, 2.75) is 33.1 Å². The van der Waals surface area contributed by atoms with E-state index < -0.39 is 0 Å². The van der Waals surface area contributed by atoms with E-state index in [0.717, 1.165) is 37.2 Å². The van der Waals surface area contributed by atoms with Gasteiger partial charge in [-0.25, -0.2) is 4.98 Å². The average molecular weight is 275 g/mol. The van der Waals surface area contributed by atoms with Crippen molar-refractivity contribution in [2.75, 3.05) is 24.2 Å². The highest BCUT2D eigenvalue weighted by atomic mass is 16.5. The third-order valence-corrected chi connectivity index (χ3v) is 2.94. The summed E-state index contributed by atoms with van der Waals surface area (Å²) in [6.45, 7) is 5.41. The molecule has 1 aliphatic rings. The first-order valence-corrected chi connectivity index (χ1v) is 6.91. The van der Waals surface area contributed by atoms with Gasteiger partial charge in [-0.1, -0.05) is 19.4 Å². The summed E-state index contributed by atoms with van der Waals surface area (Å²) in [5.74, 6) is 1.49. The van der Waals surface area contributed by atoms with Gasteiger partial charge in [-0.05, 0) is 13.3 Å². The van der Waals surface area contributed by atoms with Crippen molar-refractivity contribution in [3.63, 3.8) is 0 Å². The van der Waals surface area contributed by atoms with E-state index in [1.165, 1.54) is 0 Å². The van der Waals surface area contributed by atoms with Crippen LogP contribution in [0.5, 0.6) is 5.75 Å². The Labute approximate surface area is 119 Å². The number of unbranched alkanes of at least 4 members (excludes halogenated alkanes) is 1. The van der Waals surface area contributed by atoms with Crippen molar-refractivity contribution in [1.82, 2.24) is 9.97 Å². The van der Waals surface area contributed by atoms with Crippen molar-refractivity contribution in [3.05, 3.63) is 18.0 Å². The number of aromatic nitrogens is 2. The molecule has 20 heavy (non-hydrogen) atoms. The smallest absolute Gasteiger partial charge is 0.222 e. The molecule has 0 saturated carbocycles. The minimum atomic E-state index is 0.241. The molecule has 0 aromatic carbocycles. The van der Waals surface area contributed by atoms with Crippen molar-refractivity contribution < 1.29 is 4.74 Å². The van der Waals surface area contributed by atoms with Gasteiger partial charge in [-0.15, -0.1) is 0 Å². The standard InChI is InChI=1S/C14H21N5O/c1-3-4-7-16-13-12(8-17-14(15)19-13)20-9-11-6-5-10(2)18-11/h6,8H,3-5,7,9H2,1-2H3,(H3,15,16,17,19). The summed E-state index contributed by atoms with van der Waals surface area (Å²) >= 11 is 0.